The predicted molar refractivity (Wildman–Crippen MR) is 120 cm³/mol. The van der Waals surface area contributed by atoms with Gasteiger partial charge in [0.05, 0.1) is 11.7 Å². The molecule has 0 bridgehead atoms. The smallest absolute Gasteiger partial charge is 0.269 e. The van der Waals surface area contributed by atoms with Gasteiger partial charge in [-0.05, 0) is 43.9 Å². The van der Waals surface area contributed by atoms with Crippen molar-refractivity contribution in [2.75, 3.05) is 5.32 Å². The first-order valence-electron chi connectivity index (χ1n) is 10.5. The predicted octanol–water partition coefficient (Wildman–Crippen LogP) is 4.43. The summed E-state index contributed by atoms with van der Waals surface area (Å²) in [5.74, 6) is -1.01. The SMILES string of the molecule is O=C(NC1CCC[C@H](Nc2nc(-c3c[nH]c4c(F)cc(Cl)cc34)ncc2F)C1)c1ccn[nH]1. The molecule has 0 spiro atoms. The standard InChI is InChI=1S/C22H20ClF2N7O/c23-11-6-14-15(9-26-19(14)16(24)7-11)20-27-10-17(25)21(31-20)29-12-2-1-3-13(8-12)30-22(33)18-4-5-28-32-18/h4-7,9-10,12-13,26H,1-3,8H2,(H,28,32)(H,30,33)(H,27,29,31)/t12-,13?/m0/s1. The second kappa shape index (κ2) is 8.78. The van der Waals surface area contributed by atoms with Gasteiger partial charge in [-0.2, -0.15) is 5.10 Å². The van der Waals surface area contributed by atoms with Gasteiger partial charge >= 0.3 is 0 Å². The highest BCUT2D eigenvalue weighted by Gasteiger charge is 2.25. The molecule has 5 rings (SSSR count). The lowest BCUT2D eigenvalue weighted by Crippen LogP contribution is -2.42. The van der Waals surface area contributed by atoms with Crippen LogP contribution in [0.3, 0.4) is 0 Å². The van der Waals surface area contributed by atoms with Crippen LogP contribution < -0.4 is 10.6 Å². The van der Waals surface area contributed by atoms with Crippen LogP contribution in [0.1, 0.15) is 36.2 Å². The number of halogens is 3. The van der Waals surface area contributed by atoms with Crippen molar-refractivity contribution in [2.45, 2.75) is 37.8 Å². The van der Waals surface area contributed by atoms with E-state index in [2.05, 4.69) is 35.8 Å². The molecule has 170 valence electrons. The van der Waals surface area contributed by atoms with Crippen molar-refractivity contribution in [1.29, 1.82) is 0 Å². The van der Waals surface area contributed by atoms with Crippen molar-refractivity contribution in [3.05, 3.63) is 59.1 Å². The molecule has 1 aliphatic carbocycles. The van der Waals surface area contributed by atoms with E-state index in [1.54, 1.807) is 18.3 Å². The van der Waals surface area contributed by atoms with Gasteiger partial charge in [0, 0.05) is 40.4 Å². The molecule has 1 aromatic carbocycles. The van der Waals surface area contributed by atoms with E-state index in [0.29, 0.717) is 23.1 Å². The van der Waals surface area contributed by atoms with Gasteiger partial charge in [-0.25, -0.2) is 18.7 Å². The first kappa shape index (κ1) is 21.3. The highest BCUT2D eigenvalue weighted by Crippen LogP contribution is 2.31. The lowest BCUT2D eigenvalue weighted by molar-refractivity contribution is 0.0921. The van der Waals surface area contributed by atoms with Gasteiger partial charge in [-0.3, -0.25) is 9.89 Å². The first-order valence-corrected chi connectivity index (χ1v) is 10.9. The van der Waals surface area contributed by atoms with Crippen molar-refractivity contribution in [1.82, 2.24) is 30.5 Å². The Morgan fingerprint density at radius 1 is 1.18 bits per heavy atom. The Labute approximate surface area is 192 Å². The molecular weight excluding hydrogens is 452 g/mol. The van der Waals surface area contributed by atoms with Crippen LogP contribution in [0.4, 0.5) is 14.6 Å². The summed E-state index contributed by atoms with van der Waals surface area (Å²) in [5, 5.41) is 13.3. The van der Waals surface area contributed by atoms with Crippen molar-refractivity contribution in [3.63, 3.8) is 0 Å². The molecule has 4 N–H and O–H groups in total. The third kappa shape index (κ3) is 4.38. The zero-order valence-corrected chi connectivity index (χ0v) is 18.1. The Bertz CT molecular complexity index is 1310. The maximum Gasteiger partial charge on any atom is 0.269 e. The minimum Gasteiger partial charge on any atom is -0.365 e. The lowest BCUT2D eigenvalue weighted by Gasteiger charge is -2.30. The Balaban J connectivity index is 1.34. The van der Waals surface area contributed by atoms with Gasteiger partial charge in [-0.15, -0.1) is 0 Å². The molecule has 11 heteroatoms. The van der Waals surface area contributed by atoms with Crippen LogP contribution in [0, 0.1) is 11.6 Å². The third-order valence-corrected chi connectivity index (χ3v) is 6.00. The summed E-state index contributed by atoms with van der Waals surface area (Å²) < 4.78 is 28.7. The third-order valence-electron chi connectivity index (χ3n) is 5.79. The molecule has 0 aliphatic heterocycles. The Morgan fingerprint density at radius 2 is 2.03 bits per heavy atom. The zero-order chi connectivity index (χ0) is 22.9. The van der Waals surface area contributed by atoms with E-state index in [1.165, 1.54) is 12.3 Å². The largest absolute Gasteiger partial charge is 0.365 e. The van der Waals surface area contributed by atoms with Crippen molar-refractivity contribution in [3.8, 4) is 11.4 Å². The fraction of sp³-hybridized carbons (Fsp3) is 0.273. The Kier molecular flexibility index (Phi) is 5.67. The van der Waals surface area contributed by atoms with Crippen molar-refractivity contribution < 1.29 is 13.6 Å². The molecule has 33 heavy (non-hydrogen) atoms. The molecule has 3 aromatic heterocycles. The number of benzene rings is 1. The minimum absolute atomic E-state index is 0.0578. The maximum absolute atomic E-state index is 14.5. The molecular formula is C22H20ClF2N7O. The van der Waals surface area contributed by atoms with Gasteiger partial charge < -0.3 is 15.6 Å². The van der Waals surface area contributed by atoms with E-state index >= 15 is 0 Å². The van der Waals surface area contributed by atoms with E-state index in [0.717, 1.165) is 25.5 Å². The second-order valence-corrected chi connectivity index (χ2v) is 8.49. The average Bonchev–Trinajstić information content (AvgIpc) is 3.46. The number of hydrogen-bond donors (Lipinski definition) is 4. The van der Waals surface area contributed by atoms with Gasteiger partial charge in [0.2, 0.25) is 0 Å². The van der Waals surface area contributed by atoms with Gasteiger partial charge in [0.25, 0.3) is 5.91 Å². The number of rotatable bonds is 5. The normalized spacial score (nSPS) is 18.4. The Hall–Kier alpha value is -3.53. The number of aromatic nitrogens is 5. The van der Waals surface area contributed by atoms with Crippen LogP contribution >= 0.6 is 11.6 Å². The topological polar surface area (TPSA) is 111 Å². The second-order valence-electron chi connectivity index (χ2n) is 8.05. The van der Waals surface area contributed by atoms with E-state index in [-0.39, 0.29) is 40.2 Å². The summed E-state index contributed by atoms with van der Waals surface area (Å²) in [6, 6.07) is 4.29. The molecule has 1 aliphatic rings. The summed E-state index contributed by atoms with van der Waals surface area (Å²) in [5.41, 5.74) is 1.19. The fourth-order valence-electron chi connectivity index (χ4n) is 4.23. The monoisotopic (exact) mass is 471 g/mol. The van der Waals surface area contributed by atoms with Crippen LogP contribution in [-0.4, -0.2) is 43.1 Å². The highest BCUT2D eigenvalue weighted by molar-refractivity contribution is 6.31. The van der Waals surface area contributed by atoms with Crippen LogP contribution in [0.25, 0.3) is 22.3 Å². The number of nitrogens with zero attached hydrogens (tertiary/aromatic N) is 3. The minimum atomic E-state index is -0.591. The number of amides is 1. The quantitative estimate of drug-likeness (QED) is 0.344. The number of H-pyrrole nitrogens is 2. The molecule has 2 atom stereocenters. The van der Waals surface area contributed by atoms with Crippen LogP contribution in [-0.2, 0) is 0 Å². The number of nitrogens with one attached hydrogen (secondary N) is 4. The van der Waals surface area contributed by atoms with Gasteiger partial charge in [0.15, 0.2) is 17.5 Å². The number of aromatic amines is 2. The highest BCUT2D eigenvalue weighted by atomic mass is 35.5. The molecule has 0 radical (unpaired) electrons. The Morgan fingerprint density at radius 3 is 2.85 bits per heavy atom. The maximum atomic E-state index is 14.5. The van der Waals surface area contributed by atoms with Gasteiger partial charge in [0.1, 0.15) is 11.5 Å². The first-order chi connectivity index (χ1) is 16.0. The number of carbonyl (C=O) groups is 1. The number of anilines is 1. The van der Waals surface area contributed by atoms with Crippen molar-refractivity contribution in [2.24, 2.45) is 0 Å². The molecule has 1 unspecified atom stereocenters. The summed E-state index contributed by atoms with van der Waals surface area (Å²) in [4.78, 5) is 23.6. The molecule has 8 nitrogen and oxygen atoms in total. The van der Waals surface area contributed by atoms with Crippen LogP contribution in [0.2, 0.25) is 5.02 Å². The van der Waals surface area contributed by atoms with E-state index in [9.17, 15) is 13.6 Å². The number of carbonyl (C=O) groups excluding carboxylic acids is 1. The molecule has 3 heterocycles. The van der Waals surface area contributed by atoms with E-state index in [4.69, 9.17) is 11.6 Å². The van der Waals surface area contributed by atoms with Crippen LogP contribution in [0.15, 0.2) is 36.8 Å². The van der Waals surface area contributed by atoms with Crippen LogP contribution in [0.5, 0.6) is 0 Å². The summed E-state index contributed by atoms with van der Waals surface area (Å²) in [6.07, 6.45) is 7.30. The molecule has 1 amide bonds. The summed E-state index contributed by atoms with van der Waals surface area (Å²) >= 11 is 6.01. The lowest BCUT2D eigenvalue weighted by atomic mass is 9.91. The number of fused-ring (bicyclic) bond motifs is 1. The zero-order valence-electron chi connectivity index (χ0n) is 17.3. The van der Waals surface area contributed by atoms with Gasteiger partial charge in [-0.1, -0.05) is 11.6 Å². The number of hydrogen-bond acceptors (Lipinski definition) is 5. The average molecular weight is 472 g/mol. The molecule has 1 fully saturated rings. The fourth-order valence-corrected chi connectivity index (χ4v) is 4.43. The molecule has 1 saturated carbocycles. The molecule has 0 saturated heterocycles. The van der Waals surface area contributed by atoms with Crippen molar-refractivity contribution >= 4 is 34.2 Å². The summed E-state index contributed by atoms with van der Waals surface area (Å²) in [6.45, 7) is 0. The van der Waals surface area contributed by atoms with E-state index < -0.39 is 11.6 Å². The summed E-state index contributed by atoms with van der Waals surface area (Å²) in [7, 11) is 0. The van der Waals surface area contributed by atoms with E-state index in [1.807, 2.05) is 0 Å². The molecule has 4 aromatic rings.